The summed E-state index contributed by atoms with van der Waals surface area (Å²) in [7, 11) is 0. The lowest BCUT2D eigenvalue weighted by Crippen LogP contribution is -2.25. The molecule has 1 atom stereocenters. The van der Waals surface area contributed by atoms with Gasteiger partial charge in [0.05, 0.1) is 16.8 Å². The number of carbonyl (C=O) groups excluding carboxylic acids is 2. The second-order valence-electron chi connectivity index (χ2n) is 7.79. The normalized spacial score (nSPS) is 15.0. The molecule has 0 amide bonds. The molecule has 1 aliphatic carbocycles. The van der Waals surface area contributed by atoms with Gasteiger partial charge in [-0.25, -0.2) is 9.78 Å². The fourth-order valence-electron chi connectivity index (χ4n) is 4.17. The van der Waals surface area contributed by atoms with E-state index in [1.807, 2.05) is 41.8 Å². The van der Waals surface area contributed by atoms with Gasteiger partial charge >= 0.3 is 5.97 Å². The van der Waals surface area contributed by atoms with Gasteiger partial charge in [-0.2, -0.15) is 0 Å². The van der Waals surface area contributed by atoms with E-state index in [9.17, 15) is 9.59 Å². The van der Waals surface area contributed by atoms with E-state index in [2.05, 4.69) is 12.1 Å². The van der Waals surface area contributed by atoms with E-state index in [4.69, 9.17) is 9.72 Å². The SMILES string of the molecule is CC(OC(=O)c1c2c(nc3ccccc13)C(=Cc1cccs1)CC2)C(=O)c1ccccc1. The number of thiophene rings is 1. The summed E-state index contributed by atoms with van der Waals surface area (Å²) >= 11 is 1.67. The molecule has 2 aromatic carbocycles. The number of hydrogen-bond donors (Lipinski definition) is 0. The van der Waals surface area contributed by atoms with Crippen LogP contribution in [0.15, 0.2) is 72.1 Å². The monoisotopic (exact) mass is 439 g/mol. The predicted molar refractivity (Wildman–Crippen MR) is 128 cm³/mol. The van der Waals surface area contributed by atoms with Crippen LogP contribution in [0.5, 0.6) is 0 Å². The molecule has 32 heavy (non-hydrogen) atoms. The van der Waals surface area contributed by atoms with Crippen molar-refractivity contribution < 1.29 is 14.3 Å². The highest BCUT2D eigenvalue weighted by molar-refractivity contribution is 7.10. The molecule has 0 spiro atoms. The standard InChI is InChI=1S/C27H21NO3S/c1-17(26(29)18-8-3-2-4-9-18)31-27(30)24-21-11-5-6-12-23(21)28-25-19(13-14-22(24)25)16-20-10-7-15-32-20/h2-12,15-17H,13-14H2,1H3. The third-order valence-electron chi connectivity index (χ3n) is 5.72. The molecule has 1 unspecified atom stereocenters. The number of aromatic nitrogens is 1. The van der Waals surface area contributed by atoms with E-state index in [0.717, 1.165) is 45.5 Å². The average Bonchev–Trinajstić information content (AvgIpc) is 3.48. The van der Waals surface area contributed by atoms with Gasteiger partial charge in [-0.1, -0.05) is 54.6 Å². The van der Waals surface area contributed by atoms with Gasteiger partial charge in [0.15, 0.2) is 6.10 Å². The van der Waals surface area contributed by atoms with Crippen molar-refractivity contribution in [3.8, 4) is 0 Å². The first kappa shape index (κ1) is 20.3. The van der Waals surface area contributed by atoms with E-state index in [1.165, 1.54) is 0 Å². The molecule has 4 aromatic rings. The molecule has 4 nitrogen and oxygen atoms in total. The van der Waals surface area contributed by atoms with Crippen molar-refractivity contribution >= 4 is 45.6 Å². The van der Waals surface area contributed by atoms with Crippen LogP contribution < -0.4 is 0 Å². The number of pyridine rings is 1. The van der Waals surface area contributed by atoms with Crippen LogP contribution in [0.4, 0.5) is 0 Å². The first-order chi connectivity index (χ1) is 15.6. The zero-order valence-electron chi connectivity index (χ0n) is 17.6. The summed E-state index contributed by atoms with van der Waals surface area (Å²) < 4.78 is 5.69. The minimum atomic E-state index is -0.880. The Hall–Kier alpha value is -3.57. The Balaban J connectivity index is 1.54. The minimum Gasteiger partial charge on any atom is -0.451 e. The molecular weight excluding hydrogens is 418 g/mol. The summed E-state index contributed by atoms with van der Waals surface area (Å²) in [6.45, 7) is 1.62. The lowest BCUT2D eigenvalue weighted by atomic mass is 10.0. The number of para-hydroxylation sites is 1. The summed E-state index contributed by atoms with van der Waals surface area (Å²) in [5, 5.41) is 2.80. The third kappa shape index (κ3) is 3.76. The highest BCUT2D eigenvalue weighted by Gasteiger charge is 2.29. The molecule has 0 saturated carbocycles. The smallest absolute Gasteiger partial charge is 0.339 e. The zero-order chi connectivity index (χ0) is 22.1. The molecule has 0 aliphatic heterocycles. The molecule has 0 N–H and O–H groups in total. The van der Waals surface area contributed by atoms with Gasteiger partial charge in [-0.3, -0.25) is 4.79 Å². The molecule has 0 bridgehead atoms. The number of ketones is 1. The van der Waals surface area contributed by atoms with Crippen LogP contribution in [0.1, 0.15) is 50.2 Å². The maximum Gasteiger partial charge on any atom is 0.339 e. The number of allylic oxidation sites excluding steroid dienone is 1. The van der Waals surface area contributed by atoms with E-state index in [1.54, 1.807) is 42.5 Å². The molecule has 2 aromatic heterocycles. The van der Waals surface area contributed by atoms with Crippen molar-refractivity contribution in [3.05, 3.63) is 99.4 Å². The van der Waals surface area contributed by atoms with Crippen LogP contribution in [0.25, 0.3) is 22.6 Å². The van der Waals surface area contributed by atoms with Crippen LogP contribution in [0, 0.1) is 0 Å². The highest BCUT2D eigenvalue weighted by Crippen LogP contribution is 2.38. The number of hydrogen-bond acceptors (Lipinski definition) is 5. The molecular formula is C27H21NO3S. The number of rotatable bonds is 5. The van der Waals surface area contributed by atoms with Crippen LogP contribution in [0.3, 0.4) is 0 Å². The van der Waals surface area contributed by atoms with Crippen molar-refractivity contribution in [2.75, 3.05) is 0 Å². The summed E-state index contributed by atoms with van der Waals surface area (Å²) in [6, 6.07) is 20.6. The van der Waals surface area contributed by atoms with Crippen LogP contribution in [0.2, 0.25) is 0 Å². The second kappa shape index (κ2) is 8.52. The Morgan fingerprint density at radius 1 is 1.00 bits per heavy atom. The summed E-state index contributed by atoms with van der Waals surface area (Å²) in [4.78, 5) is 32.2. The fraction of sp³-hybridized carbons (Fsp3) is 0.148. The van der Waals surface area contributed by atoms with Crippen LogP contribution >= 0.6 is 11.3 Å². The van der Waals surface area contributed by atoms with E-state index in [-0.39, 0.29) is 5.78 Å². The Morgan fingerprint density at radius 2 is 1.78 bits per heavy atom. The van der Waals surface area contributed by atoms with Gasteiger partial charge in [-0.15, -0.1) is 11.3 Å². The number of ether oxygens (including phenoxy) is 1. The topological polar surface area (TPSA) is 56.3 Å². The highest BCUT2D eigenvalue weighted by atomic mass is 32.1. The Morgan fingerprint density at radius 3 is 2.56 bits per heavy atom. The van der Waals surface area contributed by atoms with Gasteiger partial charge in [-0.05, 0) is 54.5 Å². The Labute approximate surface area is 190 Å². The quantitative estimate of drug-likeness (QED) is 0.274. The van der Waals surface area contributed by atoms with Crippen LogP contribution in [-0.2, 0) is 11.2 Å². The Kier molecular flexibility index (Phi) is 5.41. The molecule has 5 heteroatoms. The Bertz CT molecular complexity index is 1340. The van der Waals surface area contributed by atoms with Gasteiger partial charge in [0.2, 0.25) is 5.78 Å². The molecule has 0 saturated heterocycles. The second-order valence-corrected chi connectivity index (χ2v) is 8.77. The molecule has 1 aliphatic rings. The van der Waals surface area contributed by atoms with Crippen molar-refractivity contribution in [1.29, 1.82) is 0 Å². The summed E-state index contributed by atoms with van der Waals surface area (Å²) in [6.07, 6.45) is 2.80. The van der Waals surface area contributed by atoms with E-state index in [0.29, 0.717) is 11.1 Å². The van der Waals surface area contributed by atoms with E-state index < -0.39 is 12.1 Å². The molecule has 5 rings (SSSR count). The third-order valence-corrected chi connectivity index (χ3v) is 6.54. The van der Waals surface area contributed by atoms with Gasteiger partial charge in [0.1, 0.15) is 0 Å². The maximum atomic E-state index is 13.4. The number of carbonyl (C=O) groups is 2. The number of benzene rings is 2. The largest absolute Gasteiger partial charge is 0.451 e. The lowest BCUT2D eigenvalue weighted by Gasteiger charge is -2.16. The minimum absolute atomic E-state index is 0.216. The van der Waals surface area contributed by atoms with Crippen molar-refractivity contribution in [2.45, 2.75) is 25.9 Å². The van der Waals surface area contributed by atoms with Crippen molar-refractivity contribution in [2.24, 2.45) is 0 Å². The average molecular weight is 440 g/mol. The van der Waals surface area contributed by atoms with Crippen molar-refractivity contribution in [1.82, 2.24) is 4.98 Å². The number of fused-ring (bicyclic) bond motifs is 2. The number of Topliss-reactive ketones (excluding diaryl/α,β-unsaturated/α-hetero) is 1. The van der Waals surface area contributed by atoms with Gasteiger partial charge in [0, 0.05) is 15.8 Å². The van der Waals surface area contributed by atoms with Gasteiger partial charge < -0.3 is 4.74 Å². The predicted octanol–water partition coefficient (Wildman–Crippen LogP) is 6.21. The van der Waals surface area contributed by atoms with Crippen molar-refractivity contribution in [3.63, 3.8) is 0 Å². The first-order valence-electron chi connectivity index (χ1n) is 10.6. The lowest BCUT2D eigenvalue weighted by molar-refractivity contribution is 0.0319. The number of esters is 1. The zero-order valence-corrected chi connectivity index (χ0v) is 18.4. The van der Waals surface area contributed by atoms with Crippen LogP contribution in [-0.4, -0.2) is 22.8 Å². The maximum absolute atomic E-state index is 13.4. The molecule has 158 valence electrons. The van der Waals surface area contributed by atoms with Gasteiger partial charge in [0.25, 0.3) is 0 Å². The molecule has 0 fully saturated rings. The summed E-state index contributed by atoms with van der Waals surface area (Å²) in [5.74, 6) is -0.693. The fourth-order valence-corrected chi connectivity index (χ4v) is 4.85. The van der Waals surface area contributed by atoms with E-state index >= 15 is 0 Å². The first-order valence-corrected chi connectivity index (χ1v) is 11.5. The molecule has 0 radical (unpaired) electrons. The summed E-state index contributed by atoms with van der Waals surface area (Å²) in [5.41, 5.74) is 4.67. The number of nitrogens with zero attached hydrogens (tertiary/aromatic N) is 1. The molecule has 2 heterocycles.